The Morgan fingerprint density at radius 1 is 1.25 bits per heavy atom. The zero-order valence-electron chi connectivity index (χ0n) is 10.3. The van der Waals surface area contributed by atoms with Gasteiger partial charge in [-0.05, 0) is 43.2 Å². The van der Waals surface area contributed by atoms with Crippen LogP contribution < -0.4 is 10.6 Å². The molecule has 0 unspecified atom stereocenters. The van der Waals surface area contributed by atoms with Crippen LogP contribution in [0.25, 0.3) is 0 Å². The molecule has 0 aliphatic carbocycles. The van der Waals surface area contributed by atoms with Gasteiger partial charge in [0.25, 0.3) is 0 Å². The molecule has 1 amide bonds. The van der Waals surface area contributed by atoms with Crippen LogP contribution in [0.4, 0.5) is 0 Å². The zero-order valence-corrected chi connectivity index (χ0v) is 11.1. The maximum absolute atomic E-state index is 11.6. The van der Waals surface area contributed by atoms with Crippen molar-refractivity contribution in [3.63, 3.8) is 0 Å². The number of rotatable bonds is 7. The van der Waals surface area contributed by atoms with Crippen molar-refractivity contribution in [1.29, 1.82) is 0 Å². The second-order valence-electron chi connectivity index (χ2n) is 4.36. The summed E-state index contributed by atoms with van der Waals surface area (Å²) in [5, 5.41) is 6.26. The van der Waals surface area contributed by atoms with Crippen molar-refractivity contribution in [2.24, 2.45) is 5.92 Å². The normalized spacial score (nSPS) is 17.3. The van der Waals surface area contributed by atoms with Crippen molar-refractivity contribution in [1.82, 2.24) is 10.6 Å². The van der Waals surface area contributed by atoms with Crippen LogP contribution in [0.2, 0.25) is 0 Å². The van der Waals surface area contributed by atoms with Gasteiger partial charge in [0, 0.05) is 19.5 Å². The molecule has 1 heterocycles. The van der Waals surface area contributed by atoms with Gasteiger partial charge >= 0.3 is 0 Å². The van der Waals surface area contributed by atoms with E-state index < -0.39 is 0 Å². The first-order valence-electron chi connectivity index (χ1n) is 6.38. The molecule has 0 saturated carbocycles. The smallest absolute Gasteiger partial charge is 0.220 e. The molecule has 94 valence electrons. The molecule has 0 aromatic carbocycles. The molecule has 0 aromatic heterocycles. The van der Waals surface area contributed by atoms with E-state index in [0.717, 1.165) is 32.5 Å². The van der Waals surface area contributed by atoms with E-state index in [-0.39, 0.29) is 5.91 Å². The van der Waals surface area contributed by atoms with Crippen molar-refractivity contribution in [2.45, 2.75) is 32.6 Å². The lowest BCUT2D eigenvalue weighted by atomic mass is 9.98. The molecule has 1 fully saturated rings. The van der Waals surface area contributed by atoms with Crippen LogP contribution in [0.5, 0.6) is 0 Å². The Bertz CT molecular complexity index is 193. The van der Waals surface area contributed by atoms with Gasteiger partial charge in [0.15, 0.2) is 0 Å². The molecular formula is C12H24N2OS. The SMILES string of the molecule is CCCNCCNC(=O)CC1CCSCC1. The molecular weight excluding hydrogens is 220 g/mol. The largest absolute Gasteiger partial charge is 0.355 e. The lowest BCUT2D eigenvalue weighted by Crippen LogP contribution is -2.33. The van der Waals surface area contributed by atoms with Gasteiger partial charge in [0.1, 0.15) is 0 Å². The fraction of sp³-hybridized carbons (Fsp3) is 0.917. The Kier molecular flexibility index (Phi) is 7.68. The van der Waals surface area contributed by atoms with E-state index in [1.54, 1.807) is 0 Å². The first-order chi connectivity index (χ1) is 7.83. The summed E-state index contributed by atoms with van der Waals surface area (Å²) < 4.78 is 0. The highest BCUT2D eigenvalue weighted by Crippen LogP contribution is 2.24. The molecule has 16 heavy (non-hydrogen) atoms. The summed E-state index contributed by atoms with van der Waals surface area (Å²) in [6, 6.07) is 0. The maximum atomic E-state index is 11.6. The van der Waals surface area contributed by atoms with E-state index in [4.69, 9.17) is 0 Å². The van der Waals surface area contributed by atoms with Crippen molar-refractivity contribution >= 4 is 17.7 Å². The van der Waals surface area contributed by atoms with Gasteiger partial charge in [-0.2, -0.15) is 11.8 Å². The fourth-order valence-corrected chi connectivity index (χ4v) is 3.08. The van der Waals surface area contributed by atoms with Gasteiger partial charge in [0.2, 0.25) is 5.91 Å². The van der Waals surface area contributed by atoms with Gasteiger partial charge in [-0.15, -0.1) is 0 Å². The highest BCUT2D eigenvalue weighted by molar-refractivity contribution is 7.99. The van der Waals surface area contributed by atoms with Crippen LogP contribution in [0, 0.1) is 5.92 Å². The summed E-state index contributed by atoms with van der Waals surface area (Å²) in [6.45, 7) is 4.84. The third-order valence-corrected chi connectivity index (χ3v) is 3.91. The average Bonchev–Trinajstić information content (AvgIpc) is 2.30. The van der Waals surface area contributed by atoms with Crippen molar-refractivity contribution in [2.75, 3.05) is 31.1 Å². The number of hydrogen-bond donors (Lipinski definition) is 2. The molecule has 1 rings (SSSR count). The number of thioether (sulfide) groups is 1. The van der Waals surface area contributed by atoms with Crippen LogP contribution in [0.1, 0.15) is 32.6 Å². The predicted octanol–water partition coefficient (Wildman–Crippen LogP) is 1.64. The summed E-state index contributed by atoms with van der Waals surface area (Å²) >= 11 is 2.01. The third-order valence-electron chi connectivity index (χ3n) is 2.87. The third kappa shape index (κ3) is 6.38. The summed E-state index contributed by atoms with van der Waals surface area (Å²) in [7, 11) is 0. The van der Waals surface area contributed by atoms with Crippen molar-refractivity contribution < 1.29 is 4.79 Å². The Balaban J connectivity index is 1.97. The molecule has 1 aliphatic heterocycles. The van der Waals surface area contributed by atoms with Crippen LogP contribution in [0.3, 0.4) is 0 Å². The van der Waals surface area contributed by atoms with Gasteiger partial charge in [-0.1, -0.05) is 6.92 Å². The maximum Gasteiger partial charge on any atom is 0.220 e. The zero-order chi connectivity index (χ0) is 11.6. The molecule has 3 nitrogen and oxygen atoms in total. The number of amides is 1. The minimum absolute atomic E-state index is 0.232. The lowest BCUT2D eigenvalue weighted by molar-refractivity contribution is -0.122. The fourth-order valence-electron chi connectivity index (χ4n) is 1.88. The first-order valence-corrected chi connectivity index (χ1v) is 7.53. The molecule has 0 radical (unpaired) electrons. The van der Waals surface area contributed by atoms with Gasteiger partial charge in [0.05, 0.1) is 0 Å². The topological polar surface area (TPSA) is 41.1 Å². The van der Waals surface area contributed by atoms with Gasteiger partial charge in [-0.25, -0.2) is 0 Å². The molecule has 2 N–H and O–H groups in total. The van der Waals surface area contributed by atoms with E-state index in [2.05, 4.69) is 17.6 Å². The van der Waals surface area contributed by atoms with E-state index in [9.17, 15) is 4.79 Å². The van der Waals surface area contributed by atoms with E-state index in [1.807, 2.05) is 11.8 Å². The average molecular weight is 244 g/mol. The molecule has 4 heteroatoms. The molecule has 0 spiro atoms. The lowest BCUT2D eigenvalue weighted by Gasteiger charge is -2.20. The highest BCUT2D eigenvalue weighted by atomic mass is 32.2. The van der Waals surface area contributed by atoms with Gasteiger partial charge < -0.3 is 10.6 Å². The molecule has 0 atom stereocenters. The molecule has 0 aromatic rings. The summed E-state index contributed by atoms with van der Waals surface area (Å²) in [5.74, 6) is 3.33. The molecule has 1 aliphatic rings. The number of carbonyl (C=O) groups excluding carboxylic acids is 1. The first kappa shape index (κ1) is 13.8. The second kappa shape index (κ2) is 8.88. The Labute approximate surface area is 103 Å². The second-order valence-corrected chi connectivity index (χ2v) is 5.58. The number of carbonyl (C=O) groups is 1. The summed E-state index contributed by atoms with van der Waals surface area (Å²) in [5.41, 5.74) is 0. The Morgan fingerprint density at radius 3 is 2.69 bits per heavy atom. The minimum Gasteiger partial charge on any atom is -0.355 e. The van der Waals surface area contributed by atoms with Crippen LogP contribution in [0.15, 0.2) is 0 Å². The molecule has 1 saturated heterocycles. The minimum atomic E-state index is 0.232. The van der Waals surface area contributed by atoms with Gasteiger partial charge in [-0.3, -0.25) is 4.79 Å². The Morgan fingerprint density at radius 2 is 2.00 bits per heavy atom. The van der Waals surface area contributed by atoms with Crippen LogP contribution >= 0.6 is 11.8 Å². The quantitative estimate of drug-likeness (QED) is 0.669. The Hall–Kier alpha value is -0.220. The number of nitrogens with one attached hydrogen (secondary N) is 2. The van der Waals surface area contributed by atoms with E-state index in [0.29, 0.717) is 5.92 Å². The highest BCUT2D eigenvalue weighted by Gasteiger charge is 2.16. The van der Waals surface area contributed by atoms with Crippen LogP contribution in [-0.4, -0.2) is 37.0 Å². The van der Waals surface area contributed by atoms with Crippen molar-refractivity contribution in [3.05, 3.63) is 0 Å². The molecule has 0 bridgehead atoms. The van der Waals surface area contributed by atoms with E-state index in [1.165, 1.54) is 24.3 Å². The monoisotopic (exact) mass is 244 g/mol. The number of hydrogen-bond acceptors (Lipinski definition) is 3. The van der Waals surface area contributed by atoms with Crippen molar-refractivity contribution in [3.8, 4) is 0 Å². The van der Waals surface area contributed by atoms with Crippen LogP contribution in [-0.2, 0) is 4.79 Å². The standard InChI is InChI=1S/C12H24N2OS/c1-2-5-13-6-7-14-12(15)10-11-3-8-16-9-4-11/h11,13H,2-10H2,1H3,(H,14,15). The summed E-state index contributed by atoms with van der Waals surface area (Å²) in [4.78, 5) is 11.6. The summed E-state index contributed by atoms with van der Waals surface area (Å²) in [6.07, 6.45) is 4.31. The van der Waals surface area contributed by atoms with E-state index >= 15 is 0 Å². The predicted molar refractivity (Wildman–Crippen MR) is 70.8 cm³/mol.